The third kappa shape index (κ3) is 19.9. The van der Waals surface area contributed by atoms with Crippen LogP contribution in [0.4, 0.5) is 0 Å². The number of unbranched alkanes of at least 4 members (excludes halogenated alkanes) is 32. The molecule has 0 fully saturated rings. The highest BCUT2D eigenvalue weighted by Gasteiger charge is 2.23. The van der Waals surface area contributed by atoms with Crippen molar-refractivity contribution in [2.24, 2.45) is 0 Å². The second-order valence-electron chi connectivity index (χ2n) is 33.1. The van der Waals surface area contributed by atoms with E-state index in [2.05, 4.69) is 246 Å². The molecule has 0 radical (unpaired) electrons. The predicted octanol–water partition coefficient (Wildman–Crippen LogP) is 35.4. The van der Waals surface area contributed by atoms with Crippen LogP contribution in [0.1, 0.15) is 307 Å². The van der Waals surface area contributed by atoms with Gasteiger partial charge in [0.05, 0.1) is 0 Å². The average molecular weight is 1430 g/mol. The molecule has 0 aliphatic carbocycles. The Bertz CT molecular complexity index is 4560. The Morgan fingerprint density at radius 3 is 0.639 bits per heavy atom. The minimum Gasteiger partial charge on any atom is -0.0654 e. The fourth-order valence-corrected chi connectivity index (χ4v) is 18.9. The summed E-state index contributed by atoms with van der Waals surface area (Å²) in [5.41, 5.74) is 13.3. The molecule has 0 heteroatoms. The molecule has 13 aromatic carbocycles. The van der Waals surface area contributed by atoms with Crippen LogP contribution in [-0.4, -0.2) is 0 Å². The van der Waals surface area contributed by atoms with Gasteiger partial charge in [-0.3, -0.25) is 0 Å². The summed E-state index contributed by atoms with van der Waals surface area (Å²) in [7, 11) is 0. The molecule has 0 unspecified atom stereocenters. The fraction of sp³-hybridized carbons (Fsp3) is 0.426. The van der Waals surface area contributed by atoms with E-state index in [0.717, 1.165) is 0 Å². The lowest BCUT2D eigenvalue weighted by Gasteiger charge is -2.21. The highest BCUT2D eigenvalue weighted by Crippen LogP contribution is 2.49. The van der Waals surface area contributed by atoms with E-state index in [-0.39, 0.29) is 0 Å². The highest BCUT2D eigenvalue weighted by atomic mass is 14.3. The maximum absolute atomic E-state index is 2.63. The van der Waals surface area contributed by atoms with Crippen molar-refractivity contribution in [1.29, 1.82) is 0 Å². The van der Waals surface area contributed by atoms with E-state index in [1.807, 2.05) is 0 Å². The van der Waals surface area contributed by atoms with Gasteiger partial charge >= 0.3 is 0 Å². The van der Waals surface area contributed by atoms with Gasteiger partial charge < -0.3 is 0 Å². The third-order valence-corrected chi connectivity index (χ3v) is 25.2. The summed E-state index contributed by atoms with van der Waals surface area (Å²) in [5, 5.41) is 21.1. The van der Waals surface area contributed by atoms with Gasteiger partial charge in [0.1, 0.15) is 0 Å². The first kappa shape index (κ1) is 78.1. The summed E-state index contributed by atoms with van der Waals surface area (Å²) in [6, 6.07) is 86.4. The first-order valence-corrected chi connectivity index (χ1v) is 44.4. The zero-order valence-corrected chi connectivity index (χ0v) is 67.2. The van der Waals surface area contributed by atoms with Gasteiger partial charge in [0.2, 0.25) is 0 Å². The number of benzene rings is 13. The molecular weight excluding hydrogens is 1300 g/mol. The van der Waals surface area contributed by atoms with Crippen LogP contribution in [-0.2, 0) is 0 Å². The topological polar surface area (TPSA) is 0 Å². The maximum atomic E-state index is 2.63. The fourth-order valence-electron chi connectivity index (χ4n) is 18.9. The summed E-state index contributed by atoms with van der Waals surface area (Å²) >= 11 is 0. The summed E-state index contributed by atoms with van der Waals surface area (Å²) < 4.78 is 0. The second-order valence-corrected chi connectivity index (χ2v) is 33.1. The number of hydrogen-bond donors (Lipinski definition) is 0. The standard InChI is InChI=1S/C108H130/c1-5-9-13-17-21-25-29-33-41-53-81(54-42-34-30-26-22-18-14-10-6-2)87-65-67-91-89(71-87)73-95(83-57-45-37-46-58-83)105-79-103-93-69-70-94-102(101(93)75-97(107(103)77-99(91)105)85-61-49-39-50-62-85)76-98(86-63-51-40-52-64-86)108-78-100-92-68-66-88(72-90(92)74-96(106(100)80-104(94)108)84-59-47-38-48-60-84)82(55-43-35-31-27-23-19-15-11-7-3)56-44-36-32-28-24-20-16-12-8-4/h37-40,45-52,57-82H,5-36,41-44,53-56H2,1-4H3. The molecule has 0 aromatic heterocycles. The van der Waals surface area contributed by atoms with Crippen LogP contribution in [0.2, 0.25) is 0 Å². The van der Waals surface area contributed by atoms with Crippen molar-refractivity contribution < 1.29 is 0 Å². The quantitative estimate of drug-likeness (QED) is 0.0203. The lowest BCUT2D eigenvalue weighted by Crippen LogP contribution is -2.00. The van der Waals surface area contributed by atoms with E-state index in [9.17, 15) is 0 Å². The van der Waals surface area contributed by atoms with Crippen LogP contribution >= 0.6 is 0 Å². The van der Waals surface area contributed by atoms with Crippen LogP contribution in [0.3, 0.4) is 0 Å². The largest absolute Gasteiger partial charge is 0.0654 e. The first-order chi connectivity index (χ1) is 53.5. The Kier molecular flexibility index (Phi) is 29.7. The van der Waals surface area contributed by atoms with Crippen molar-refractivity contribution in [1.82, 2.24) is 0 Å². The minimum absolute atomic E-state index is 0.579. The molecule has 0 saturated heterocycles. The Morgan fingerprint density at radius 1 is 0.167 bits per heavy atom. The van der Waals surface area contributed by atoms with Crippen LogP contribution in [0.15, 0.2) is 218 Å². The molecule has 0 spiro atoms. The molecule has 0 N–H and O–H groups in total. The molecule has 0 saturated carbocycles. The van der Waals surface area contributed by atoms with Crippen LogP contribution < -0.4 is 0 Å². The lowest BCUT2D eigenvalue weighted by atomic mass is 9.83. The van der Waals surface area contributed by atoms with Gasteiger partial charge in [-0.2, -0.15) is 0 Å². The molecule has 13 rings (SSSR count). The Morgan fingerprint density at radius 2 is 0.380 bits per heavy atom. The van der Waals surface area contributed by atoms with Crippen molar-refractivity contribution in [2.75, 3.05) is 0 Å². The van der Waals surface area contributed by atoms with Gasteiger partial charge in [-0.1, -0.05) is 429 Å². The van der Waals surface area contributed by atoms with Crippen molar-refractivity contribution >= 4 is 86.2 Å². The lowest BCUT2D eigenvalue weighted by molar-refractivity contribution is 0.482. The molecule has 0 nitrogen and oxygen atoms in total. The van der Waals surface area contributed by atoms with Crippen molar-refractivity contribution in [3.63, 3.8) is 0 Å². The molecule has 562 valence electrons. The molecule has 0 amide bonds. The molecule has 0 aliphatic heterocycles. The van der Waals surface area contributed by atoms with E-state index in [1.165, 1.54) is 388 Å². The van der Waals surface area contributed by atoms with Crippen molar-refractivity contribution in [3.05, 3.63) is 230 Å². The van der Waals surface area contributed by atoms with Gasteiger partial charge in [-0.25, -0.2) is 0 Å². The Hall–Kier alpha value is -8.06. The molecule has 0 heterocycles. The van der Waals surface area contributed by atoms with Crippen molar-refractivity contribution in [3.8, 4) is 44.5 Å². The van der Waals surface area contributed by atoms with Gasteiger partial charge in [0.15, 0.2) is 0 Å². The Labute approximate surface area is 652 Å². The monoisotopic (exact) mass is 1430 g/mol. The summed E-state index contributed by atoms with van der Waals surface area (Å²) in [5.74, 6) is 1.16. The normalized spacial score (nSPS) is 12.1. The Balaban J connectivity index is 0.921. The number of hydrogen-bond acceptors (Lipinski definition) is 0. The van der Waals surface area contributed by atoms with Gasteiger partial charge in [0.25, 0.3) is 0 Å². The van der Waals surface area contributed by atoms with Gasteiger partial charge in [-0.05, 0) is 228 Å². The highest BCUT2D eigenvalue weighted by molar-refractivity contribution is 6.31. The number of fused-ring (bicyclic) bond motifs is 13. The first-order valence-electron chi connectivity index (χ1n) is 44.4. The van der Waals surface area contributed by atoms with Gasteiger partial charge in [-0.15, -0.1) is 0 Å². The third-order valence-electron chi connectivity index (χ3n) is 25.2. The van der Waals surface area contributed by atoms with Gasteiger partial charge in [0, 0.05) is 0 Å². The molecule has 0 atom stereocenters. The summed E-state index contributed by atoms with van der Waals surface area (Å²) in [6.45, 7) is 9.32. The molecule has 108 heavy (non-hydrogen) atoms. The SMILES string of the molecule is CCCCCCCCCCCC(CCCCCCCCCCC)c1ccc2c(c1)cc(-c1ccccc1)c1cc3c(cc12)c(-c1ccccc1)cc1c3ccc2c3cc4c(-c5ccccc5)cc5cc(C(CCCCCCCCCCC)CCCCCCCCCCC)ccc5c4cc3c(-c3ccccc3)cc21. The summed E-state index contributed by atoms with van der Waals surface area (Å²) in [4.78, 5) is 0. The number of rotatable bonds is 46. The maximum Gasteiger partial charge on any atom is -0.00923 e. The van der Waals surface area contributed by atoms with E-state index < -0.39 is 0 Å². The second kappa shape index (κ2) is 41.1. The van der Waals surface area contributed by atoms with E-state index in [1.54, 1.807) is 11.1 Å². The smallest absolute Gasteiger partial charge is 0.00923 e. The molecule has 0 aliphatic rings. The molecular formula is C108H130. The zero-order chi connectivity index (χ0) is 73.9. The van der Waals surface area contributed by atoms with Crippen molar-refractivity contribution in [2.45, 2.75) is 296 Å². The van der Waals surface area contributed by atoms with E-state index in [0.29, 0.717) is 11.8 Å². The van der Waals surface area contributed by atoms with Crippen LogP contribution in [0.25, 0.3) is 131 Å². The average Bonchev–Trinajstić information content (AvgIpc) is 0.710. The van der Waals surface area contributed by atoms with Crippen LogP contribution in [0.5, 0.6) is 0 Å². The van der Waals surface area contributed by atoms with E-state index in [4.69, 9.17) is 0 Å². The zero-order valence-electron chi connectivity index (χ0n) is 67.2. The van der Waals surface area contributed by atoms with E-state index >= 15 is 0 Å². The molecule has 0 bridgehead atoms. The molecule has 13 aromatic rings. The van der Waals surface area contributed by atoms with Crippen LogP contribution in [0, 0.1) is 0 Å². The summed E-state index contributed by atoms with van der Waals surface area (Å²) in [6.07, 6.45) is 54.6. The minimum atomic E-state index is 0.579. The predicted molar refractivity (Wildman–Crippen MR) is 481 cm³/mol.